The van der Waals surface area contributed by atoms with Crippen LogP contribution in [0.3, 0.4) is 0 Å². The third-order valence-electron chi connectivity index (χ3n) is 5.47. The van der Waals surface area contributed by atoms with E-state index in [1.807, 2.05) is 48.5 Å². The first-order valence-corrected chi connectivity index (χ1v) is 11.2. The number of anilines is 1. The minimum absolute atomic E-state index is 0.123. The van der Waals surface area contributed by atoms with E-state index in [4.69, 9.17) is 0 Å². The molecule has 2 N–H and O–H groups in total. The van der Waals surface area contributed by atoms with E-state index in [0.29, 0.717) is 54.6 Å². The SMILES string of the molecule is O=C(Nc1ncc(-c2ccccc2)s1)N1CCN(Cc2nc3ccccc3c(=O)[nH]2)CC1. The number of carbonyl (C=O) groups is 1. The van der Waals surface area contributed by atoms with E-state index in [0.717, 1.165) is 10.4 Å². The summed E-state index contributed by atoms with van der Waals surface area (Å²) in [4.78, 5) is 41.7. The number of aromatic amines is 1. The van der Waals surface area contributed by atoms with Gasteiger partial charge in [0.15, 0.2) is 5.13 Å². The maximum absolute atomic E-state index is 12.7. The van der Waals surface area contributed by atoms with Gasteiger partial charge >= 0.3 is 6.03 Å². The number of hydrogen-bond donors (Lipinski definition) is 2. The van der Waals surface area contributed by atoms with Crippen molar-refractivity contribution in [2.45, 2.75) is 6.54 Å². The van der Waals surface area contributed by atoms with Gasteiger partial charge in [-0.1, -0.05) is 53.8 Å². The number of piperazine rings is 1. The van der Waals surface area contributed by atoms with E-state index in [1.54, 1.807) is 17.2 Å². The van der Waals surface area contributed by atoms with Crippen LogP contribution in [0.2, 0.25) is 0 Å². The summed E-state index contributed by atoms with van der Waals surface area (Å²) in [6.07, 6.45) is 1.78. The van der Waals surface area contributed by atoms with Crippen molar-refractivity contribution in [1.82, 2.24) is 24.8 Å². The standard InChI is InChI=1S/C23H22N6O2S/c30-21-17-8-4-5-9-18(17)25-20(26-21)15-28-10-12-29(13-11-28)23(31)27-22-24-14-19(32-22)16-6-2-1-3-7-16/h1-9,14H,10-13,15H2,(H,24,27,31)(H,25,26,30). The van der Waals surface area contributed by atoms with Crippen molar-refractivity contribution in [3.63, 3.8) is 0 Å². The number of thiazole rings is 1. The molecule has 1 saturated heterocycles. The van der Waals surface area contributed by atoms with Gasteiger partial charge in [-0.3, -0.25) is 15.0 Å². The van der Waals surface area contributed by atoms with Gasteiger partial charge in [0.05, 0.1) is 22.3 Å². The van der Waals surface area contributed by atoms with E-state index < -0.39 is 0 Å². The van der Waals surface area contributed by atoms with Crippen LogP contribution in [0.5, 0.6) is 0 Å². The molecule has 8 nitrogen and oxygen atoms in total. The van der Waals surface area contributed by atoms with Gasteiger partial charge in [0.2, 0.25) is 0 Å². The quantitative estimate of drug-likeness (QED) is 0.501. The Morgan fingerprint density at radius 2 is 1.78 bits per heavy atom. The fourth-order valence-corrected chi connectivity index (χ4v) is 4.58. The van der Waals surface area contributed by atoms with E-state index in [2.05, 4.69) is 25.2 Å². The molecule has 0 aliphatic carbocycles. The molecule has 1 fully saturated rings. The molecule has 3 heterocycles. The lowest BCUT2D eigenvalue weighted by molar-refractivity contribution is 0.141. The number of urea groups is 1. The summed E-state index contributed by atoms with van der Waals surface area (Å²) in [7, 11) is 0. The number of carbonyl (C=O) groups excluding carboxylic acids is 1. The summed E-state index contributed by atoms with van der Waals surface area (Å²) >= 11 is 1.46. The van der Waals surface area contributed by atoms with E-state index in [-0.39, 0.29) is 11.6 Å². The molecule has 2 amide bonds. The molecule has 0 unspecified atom stereocenters. The maximum atomic E-state index is 12.7. The molecule has 0 atom stereocenters. The van der Waals surface area contributed by atoms with Crippen LogP contribution in [0.25, 0.3) is 21.3 Å². The zero-order valence-corrected chi connectivity index (χ0v) is 18.1. The summed E-state index contributed by atoms with van der Waals surface area (Å²) < 4.78 is 0. The topological polar surface area (TPSA) is 94.2 Å². The van der Waals surface area contributed by atoms with Crippen LogP contribution >= 0.6 is 11.3 Å². The fourth-order valence-electron chi connectivity index (χ4n) is 3.77. The van der Waals surface area contributed by atoms with Gasteiger partial charge in [0.1, 0.15) is 5.82 Å². The number of fused-ring (bicyclic) bond motifs is 1. The van der Waals surface area contributed by atoms with E-state index in [9.17, 15) is 9.59 Å². The second-order valence-corrected chi connectivity index (χ2v) is 8.65. The van der Waals surface area contributed by atoms with Crippen molar-refractivity contribution in [2.24, 2.45) is 0 Å². The van der Waals surface area contributed by atoms with Crippen molar-refractivity contribution in [1.29, 1.82) is 0 Å². The first kappa shape index (κ1) is 20.3. The molecular formula is C23H22N6O2S. The monoisotopic (exact) mass is 446 g/mol. The highest BCUT2D eigenvalue weighted by Gasteiger charge is 2.22. The van der Waals surface area contributed by atoms with Gasteiger partial charge in [-0.2, -0.15) is 0 Å². The summed E-state index contributed by atoms with van der Waals surface area (Å²) in [6, 6.07) is 17.2. The number of rotatable bonds is 4. The van der Waals surface area contributed by atoms with Gasteiger partial charge < -0.3 is 9.88 Å². The summed E-state index contributed by atoms with van der Waals surface area (Å²) in [5.74, 6) is 0.642. The number of aromatic nitrogens is 3. The van der Waals surface area contributed by atoms with Gasteiger partial charge in [-0.05, 0) is 17.7 Å². The van der Waals surface area contributed by atoms with Gasteiger partial charge in [0.25, 0.3) is 5.56 Å². The van der Waals surface area contributed by atoms with Crippen molar-refractivity contribution in [3.8, 4) is 10.4 Å². The third kappa shape index (κ3) is 4.39. The number of nitrogens with zero attached hydrogens (tertiary/aromatic N) is 4. The molecule has 0 spiro atoms. The van der Waals surface area contributed by atoms with Crippen LogP contribution in [0, 0.1) is 0 Å². The molecule has 2 aromatic carbocycles. The summed E-state index contributed by atoms with van der Waals surface area (Å²) in [6.45, 7) is 3.15. The molecule has 0 radical (unpaired) electrons. The number of amides is 2. The Balaban J connectivity index is 1.17. The zero-order chi connectivity index (χ0) is 21.9. The summed E-state index contributed by atoms with van der Waals surface area (Å²) in [5.41, 5.74) is 1.66. The smallest absolute Gasteiger partial charge is 0.322 e. The lowest BCUT2D eigenvalue weighted by Crippen LogP contribution is -2.49. The molecule has 162 valence electrons. The molecule has 0 saturated carbocycles. The van der Waals surface area contributed by atoms with Crippen LogP contribution < -0.4 is 10.9 Å². The highest BCUT2D eigenvalue weighted by atomic mass is 32.1. The van der Waals surface area contributed by atoms with Crippen LogP contribution in [0.15, 0.2) is 65.6 Å². The third-order valence-corrected chi connectivity index (χ3v) is 6.43. The Bertz CT molecular complexity index is 1290. The molecule has 4 aromatic rings. The van der Waals surface area contributed by atoms with Crippen molar-refractivity contribution < 1.29 is 4.79 Å². The Hall–Kier alpha value is -3.56. The lowest BCUT2D eigenvalue weighted by atomic mass is 10.2. The van der Waals surface area contributed by atoms with Crippen molar-refractivity contribution in [3.05, 3.63) is 77.0 Å². The van der Waals surface area contributed by atoms with Crippen LogP contribution in [0.1, 0.15) is 5.82 Å². The van der Waals surface area contributed by atoms with Gasteiger partial charge in [-0.25, -0.2) is 14.8 Å². The predicted molar refractivity (Wildman–Crippen MR) is 126 cm³/mol. The minimum atomic E-state index is -0.143. The van der Waals surface area contributed by atoms with Crippen molar-refractivity contribution >= 4 is 33.4 Å². The second-order valence-electron chi connectivity index (χ2n) is 7.62. The first-order valence-electron chi connectivity index (χ1n) is 10.4. The number of para-hydroxylation sites is 1. The molecule has 9 heteroatoms. The largest absolute Gasteiger partial charge is 0.323 e. The Morgan fingerprint density at radius 3 is 2.59 bits per heavy atom. The lowest BCUT2D eigenvalue weighted by Gasteiger charge is -2.34. The van der Waals surface area contributed by atoms with Crippen LogP contribution in [-0.4, -0.2) is 57.0 Å². The Morgan fingerprint density at radius 1 is 1.03 bits per heavy atom. The minimum Gasteiger partial charge on any atom is -0.322 e. The highest BCUT2D eigenvalue weighted by Crippen LogP contribution is 2.28. The Kier molecular flexibility index (Phi) is 5.66. The first-order chi connectivity index (χ1) is 15.7. The number of hydrogen-bond acceptors (Lipinski definition) is 6. The molecular weight excluding hydrogens is 424 g/mol. The highest BCUT2D eigenvalue weighted by molar-refractivity contribution is 7.19. The average Bonchev–Trinajstić information content (AvgIpc) is 3.29. The molecule has 32 heavy (non-hydrogen) atoms. The summed E-state index contributed by atoms with van der Waals surface area (Å²) in [5, 5.41) is 4.09. The zero-order valence-electron chi connectivity index (χ0n) is 17.3. The number of nitrogens with one attached hydrogen (secondary N) is 2. The van der Waals surface area contributed by atoms with E-state index >= 15 is 0 Å². The maximum Gasteiger partial charge on any atom is 0.323 e. The fraction of sp³-hybridized carbons (Fsp3) is 0.217. The predicted octanol–water partition coefficient (Wildman–Crippen LogP) is 3.40. The van der Waals surface area contributed by atoms with Gasteiger partial charge in [0, 0.05) is 32.4 Å². The van der Waals surface area contributed by atoms with Gasteiger partial charge in [-0.15, -0.1) is 0 Å². The van der Waals surface area contributed by atoms with E-state index in [1.165, 1.54) is 11.3 Å². The molecule has 1 aliphatic heterocycles. The Labute approximate surface area is 188 Å². The second kappa shape index (κ2) is 8.89. The van der Waals surface area contributed by atoms with Crippen molar-refractivity contribution in [2.75, 3.05) is 31.5 Å². The molecule has 1 aliphatic rings. The number of H-pyrrole nitrogens is 1. The molecule has 5 rings (SSSR count). The average molecular weight is 447 g/mol. The molecule has 2 aromatic heterocycles. The normalized spacial score (nSPS) is 14.6. The van der Waals surface area contributed by atoms with Crippen LogP contribution in [0.4, 0.5) is 9.93 Å². The van der Waals surface area contributed by atoms with Crippen LogP contribution in [-0.2, 0) is 6.54 Å². The molecule has 0 bridgehead atoms. The number of benzene rings is 2.